The third kappa shape index (κ3) is 3.15. The minimum atomic E-state index is -0.457. The molecule has 0 aliphatic heterocycles. The van der Waals surface area contributed by atoms with Gasteiger partial charge in [-0.15, -0.1) is 0 Å². The fourth-order valence-electron chi connectivity index (χ4n) is 1.03. The summed E-state index contributed by atoms with van der Waals surface area (Å²) in [4.78, 5) is 10.8. The molecule has 0 fully saturated rings. The molecule has 3 N–H and O–H groups in total. The molecule has 6 heteroatoms. The topological polar surface area (TPSA) is 97.4 Å². The van der Waals surface area contributed by atoms with Gasteiger partial charge in [-0.05, 0) is 12.1 Å². The van der Waals surface area contributed by atoms with Gasteiger partial charge in [0.15, 0.2) is 6.61 Å². The lowest BCUT2D eigenvalue weighted by Crippen LogP contribution is -2.34. The van der Waals surface area contributed by atoms with Gasteiger partial charge in [0.25, 0.3) is 5.91 Å². The standard InChI is InChI=1S/C10H11N3O3/c1-15-8-2-7(5-11)3-9(4-8)16-6-10(14)13-12/h2-4H,6,12H2,1H3,(H,13,14). The summed E-state index contributed by atoms with van der Waals surface area (Å²) in [6.45, 7) is -0.214. The molecule has 1 aromatic rings. The number of ether oxygens (including phenoxy) is 2. The molecule has 0 spiro atoms. The number of nitriles is 1. The van der Waals surface area contributed by atoms with E-state index in [0.29, 0.717) is 17.1 Å². The molecule has 0 unspecified atom stereocenters. The Balaban J connectivity index is 2.80. The third-order valence-corrected chi connectivity index (χ3v) is 1.78. The molecule has 1 amide bonds. The number of benzene rings is 1. The van der Waals surface area contributed by atoms with Crippen LogP contribution in [0.4, 0.5) is 0 Å². The van der Waals surface area contributed by atoms with E-state index in [1.807, 2.05) is 11.5 Å². The summed E-state index contributed by atoms with van der Waals surface area (Å²) in [5.74, 6) is 5.30. The Kier molecular flexibility index (Phi) is 4.12. The zero-order valence-electron chi connectivity index (χ0n) is 8.69. The van der Waals surface area contributed by atoms with Gasteiger partial charge in [-0.2, -0.15) is 5.26 Å². The summed E-state index contributed by atoms with van der Waals surface area (Å²) in [7, 11) is 1.48. The maximum atomic E-state index is 10.8. The second-order valence-corrected chi connectivity index (χ2v) is 2.87. The first kappa shape index (κ1) is 11.8. The monoisotopic (exact) mass is 221 g/mol. The first-order valence-corrected chi connectivity index (χ1v) is 4.41. The molecular formula is C10H11N3O3. The number of hydrogen-bond acceptors (Lipinski definition) is 5. The first-order chi connectivity index (χ1) is 7.69. The zero-order valence-corrected chi connectivity index (χ0v) is 8.69. The van der Waals surface area contributed by atoms with Crippen molar-refractivity contribution in [2.45, 2.75) is 0 Å². The largest absolute Gasteiger partial charge is 0.497 e. The Morgan fingerprint density at radius 3 is 2.75 bits per heavy atom. The smallest absolute Gasteiger partial charge is 0.271 e. The lowest BCUT2D eigenvalue weighted by atomic mass is 10.2. The van der Waals surface area contributed by atoms with Gasteiger partial charge in [-0.3, -0.25) is 10.2 Å². The molecule has 16 heavy (non-hydrogen) atoms. The van der Waals surface area contributed by atoms with Crippen molar-refractivity contribution in [3.63, 3.8) is 0 Å². The predicted molar refractivity (Wildman–Crippen MR) is 55.5 cm³/mol. The second kappa shape index (κ2) is 5.58. The number of nitrogens with one attached hydrogen (secondary N) is 1. The SMILES string of the molecule is COc1cc(C#N)cc(OCC(=O)NN)c1. The number of nitrogens with zero attached hydrogens (tertiary/aromatic N) is 1. The van der Waals surface area contributed by atoms with Crippen molar-refractivity contribution in [2.24, 2.45) is 5.84 Å². The van der Waals surface area contributed by atoms with Crippen molar-refractivity contribution < 1.29 is 14.3 Å². The Bertz CT molecular complexity index is 426. The maximum absolute atomic E-state index is 10.8. The van der Waals surface area contributed by atoms with E-state index in [-0.39, 0.29) is 6.61 Å². The fourth-order valence-corrected chi connectivity index (χ4v) is 1.03. The van der Waals surface area contributed by atoms with Crippen LogP contribution in [0.1, 0.15) is 5.56 Å². The number of hydrogen-bond donors (Lipinski definition) is 2. The summed E-state index contributed by atoms with van der Waals surface area (Å²) in [5.41, 5.74) is 2.32. The Morgan fingerprint density at radius 2 is 2.19 bits per heavy atom. The van der Waals surface area contributed by atoms with Crippen LogP contribution in [0.25, 0.3) is 0 Å². The summed E-state index contributed by atoms with van der Waals surface area (Å²) in [6.07, 6.45) is 0. The predicted octanol–water partition coefficient (Wildman–Crippen LogP) is -0.0644. The lowest BCUT2D eigenvalue weighted by molar-refractivity contribution is -0.123. The maximum Gasteiger partial charge on any atom is 0.271 e. The van der Waals surface area contributed by atoms with E-state index in [2.05, 4.69) is 0 Å². The summed E-state index contributed by atoms with van der Waals surface area (Å²) in [5, 5.41) is 8.75. The molecule has 0 saturated heterocycles. The van der Waals surface area contributed by atoms with Crippen molar-refractivity contribution in [2.75, 3.05) is 13.7 Å². The van der Waals surface area contributed by atoms with Crippen LogP contribution in [0, 0.1) is 11.3 Å². The van der Waals surface area contributed by atoms with Gasteiger partial charge < -0.3 is 9.47 Å². The number of amides is 1. The van der Waals surface area contributed by atoms with Crippen LogP contribution in [0.5, 0.6) is 11.5 Å². The van der Waals surface area contributed by atoms with Crippen molar-refractivity contribution in [3.05, 3.63) is 23.8 Å². The van der Waals surface area contributed by atoms with Crippen LogP contribution in [0.2, 0.25) is 0 Å². The van der Waals surface area contributed by atoms with Gasteiger partial charge in [0.05, 0.1) is 18.7 Å². The number of carbonyl (C=O) groups excluding carboxylic acids is 1. The van der Waals surface area contributed by atoms with Gasteiger partial charge in [0, 0.05) is 6.07 Å². The van der Waals surface area contributed by atoms with Crippen LogP contribution >= 0.6 is 0 Å². The normalized spacial score (nSPS) is 9.06. The molecule has 0 radical (unpaired) electrons. The van der Waals surface area contributed by atoms with E-state index in [1.165, 1.54) is 13.2 Å². The average molecular weight is 221 g/mol. The Hall–Kier alpha value is -2.26. The Morgan fingerprint density at radius 1 is 1.50 bits per heavy atom. The molecule has 84 valence electrons. The minimum absolute atomic E-state index is 0.214. The van der Waals surface area contributed by atoms with Crippen LogP contribution in [0.15, 0.2) is 18.2 Å². The fraction of sp³-hybridized carbons (Fsp3) is 0.200. The van der Waals surface area contributed by atoms with Gasteiger partial charge in [0.1, 0.15) is 11.5 Å². The first-order valence-electron chi connectivity index (χ1n) is 4.41. The number of hydrazine groups is 1. The van der Waals surface area contributed by atoms with Gasteiger partial charge in [0.2, 0.25) is 0 Å². The molecule has 0 aromatic heterocycles. The number of methoxy groups -OCH3 is 1. The van der Waals surface area contributed by atoms with Gasteiger partial charge in [-0.1, -0.05) is 0 Å². The highest BCUT2D eigenvalue weighted by molar-refractivity contribution is 5.76. The van der Waals surface area contributed by atoms with Crippen LogP contribution < -0.4 is 20.7 Å². The summed E-state index contributed by atoms with van der Waals surface area (Å²) >= 11 is 0. The highest BCUT2D eigenvalue weighted by atomic mass is 16.5. The van der Waals surface area contributed by atoms with E-state index < -0.39 is 5.91 Å². The summed E-state index contributed by atoms with van der Waals surface area (Å²) < 4.78 is 10.1. The molecule has 0 atom stereocenters. The minimum Gasteiger partial charge on any atom is -0.497 e. The van der Waals surface area contributed by atoms with Crippen molar-refractivity contribution in [1.82, 2.24) is 5.43 Å². The molecule has 0 aliphatic carbocycles. The number of rotatable bonds is 4. The average Bonchev–Trinajstić information content (AvgIpc) is 2.35. The van der Waals surface area contributed by atoms with Gasteiger partial charge in [-0.25, -0.2) is 5.84 Å². The highest BCUT2D eigenvalue weighted by Crippen LogP contribution is 2.22. The molecular weight excluding hydrogens is 210 g/mol. The van der Waals surface area contributed by atoms with Gasteiger partial charge >= 0.3 is 0 Å². The quantitative estimate of drug-likeness (QED) is 0.421. The third-order valence-electron chi connectivity index (χ3n) is 1.78. The van der Waals surface area contributed by atoms with Crippen LogP contribution in [-0.2, 0) is 4.79 Å². The van der Waals surface area contributed by atoms with Crippen molar-refractivity contribution in [3.8, 4) is 17.6 Å². The zero-order chi connectivity index (χ0) is 12.0. The number of carbonyl (C=O) groups is 1. The second-order valence-electron chi connectivity index (χ2n) is 2.87. The van der Waals surface area contributed by atoms with E-state index in [1.54, 1.807) is 12.1 Å². The van der Waals surface area contributed by atoms with E-state index >= 15 is 0 Å². The van der Waals surface area contributed by atoms with E-state index in [4.69, 9.17) is 20.6 Å². The molecule has 0 aliphatic rings. The Labute approximate surface area is 92.5 Å². The van der Waals surface area contributed by atoms with E-state index in [0.717, 1.165) is 0 Å². The molecule has 1 rings (SSSR count). The number of nitrogens with two attached hydrogens (primary N) is 1. The van der Waals surface area contributed by atoms with E-state index in [9.17, 15) is 4.79 Å². The van der Waals surface area contributed by atoms with Crippen LogP contribution in [0.3, 0.4) is 0 Å². The lowest BCUT2D eigenvalue weighted by Gasteiger charge is -2.07. The molecule has 6 nitrogen and oxygen atoms in total. The highest BCUT2D eigenvalue weighted by Gasteiger charge is 2.04. The molecule has 1 aromatic carbocycles. The van der Waals surface area contributed by atoms with Crippen molar-refractivity contribution in [1.29, 1.82) is 5.26 Å². The summed E-state index contributed by atoms with van der Waals surface area (Å²) in [6, 6.07) is 6.60. The van der Waals surface area contributed by atoms with Crippen molar-refractivity contribution >= 4 is 5.91 Å². The van der Waals surface area contributed by atoms with Crippen LogP contribution in [-0.4, -0.2) is 19.6 Å². The molecule has 0 bridgehead atoms. The molecule has 0 saturated carbocycles. The molecule has 0 heterocycles.